The van der Waals surface area contributed by atoms with Crippen molar-refractivity contribution in [3.63, 3.8) is 0 Å². The number of hydrogen-bond donors (Lipinski definition) is 2. The van der Waals surface area contributed by atoms with Crippen LogP contribution in [0.25, 0.3) is 0 Å². The highest BCUT2D eigenvalue weighted by Crippen LogP contribution is 2.50. The first-order chi connectivity index (χ1) is 19.2. The fourth-order valence-corrected chi connectivity index (χ4v) is 7.19. The number of anilines is 2. The van der Waals surface area contributed by atoms with Gasteiger partial charge in [0.1, 0.15) is 36.7 Å². The van der Waals surface area contributed by atoms with E-state index >= 15 is 0 Å². The van der Waals surface area contributed by atoms with Gasteiger partial charge in [0.25, 0.3) is 11.8 Å². The summed E-state index contributed by atoms with van der Waals surface area (Å²) < 4.78 is -1.95. The highest BCUT2D eigenvalue weighted by atomic mass is 16.6. The van der Waals surface area contributed by atoms with Crippen molar-refractivity contribution in [3.05, 3.63) is 101 Å². The molecule has 7 rings (SSSR count). The molecule has 4 saturated heterocycles. The van der Waals surface area contributed by atoms with Gasteiger partial charge in [-0.15, -0.1) is 0 Å². The van der Waals surface area contributed by atoms with Gasteiger partial charge in [-0.1, -0.05) is 42.5 Å². The molecule has 40 heavy (non-hydrogen) atoms. The van der Waals surface area contributed by atoms with Crippen LogP contribution in [0.5, 0.6) is 0 Å². The molecule has 4 aliphatic rings. The lowest BCUT2D eigenvalue weighted by atomic mass is 10.1. The molecule has 2 N–H and O–H groups in total. The smallest absolute Gasteiger partial charge is 0.290 e. The molecule has 0 aliphatic carbocycles. The van der Waals surface area contributed by atoms with Crippen LogP contribution in [0.2, 0.25) is 0 Å². The number of fused-ring (bicyclic) bond motifs is 2. The van der Waals surface area contributed by atoms with Gasteiger partial charge in [-0.3, -0.25) is 19.4 Å². The normalized spacial score (nSPS) is 36.8. The molecule has 11 nitrogen and oxygen atoms in total. The number of aromatic nitrogens is 1. The van der Waals surface area contributed by atoms with E-state index in [1.165, 1.54) is 9.80 Å². The van der Waals surface area contributed by atoms with Crippen molar-refractivity contribution in [3.8, 4) is 0 Å². The van der Waals surface area contributed by atoms with Crippen LogP contribution in [0.4, 0.5) is 11.4 Å². The second kappa shape index (κ2) is 8.90. The van der Waals surface area contributed by atoms with Crippen LogP contribution in [0.3, 0.4) is 0 Å². The first-order valence-corrected chi connectivity index (χ1v) is 13.5. The van der Waals surface area contributed by atoms with Crippen molar-refractivity contribution in [2.45, 2.75) is 49.5 Å². The number of para-hydroxylation sites is 2. The zero-order valence-electron chi connectivity index (χ0n) is 21.6. The first-order valence-electron chi connectivity index (χ1n) is 13.5. The number of pyridine rings is 1. The molecule has 0 unspecified atom stereocenters. The molecule has 0 spiro atoms. The summed E-state index contributed by atoms with van der Waals surface area (Å²) in [6.45, 7) is -0.325. The molecule has 2 aromatic carbocycles. The van der Waals surface area contributed by atoms with Crippen LogP contribution in [0.15, 0.2) is 78.9 Å². The zero-order chi connectivity index (χ0) is 27.8. The highest BCUT2D eigenvalue weighted by Gasteiger charge is 2.63. The third-order valence-electron chi connectivity index (χ3n) is 8.79. The average molecular weight is 544 g/mol. The van der Waals surface area contributed by atoms with E-state index in [0.717, 1.165) is 0 Å². The van der Waals surface area contributed by atoms with Crippen LogP contribution in [-0.4, -0.2) is 73.7 Å². The van der Waals surface area contributed by atoms with Crippen molar-refractivity contribution in [1.29, 1.82) is 0 Å². The number of carbonyl (C=O) groups is 2. The molecule has 11 heteroatoms. The first kappa shape index (κ1) is 25.3. The monoisotopic (exact) mass is 543 g/mol. The van der Waals surface area contributed by atoms with Gasteiger partial charge in [0.15, 0.2) is 12.1 Å². The Morgan fingerprint density at radius 2 is 1.05 bits per heavy atom. The maximum absolute atomic E-state index is 14.4. The molecule has 0 bridgehead atoms. The van der Waals surface area contributed by atoms with Gasteiger partial charge < -0.3 is 29.9 Å². The molecule has 3 aromatic rings. The minimum absolute atomic E-state index is 0.0564. The minimum atomic E-state index is -1.08. The van der Waals surface area contributed by atoms with E-state index in [9.17, 15) is 30.2 Å². The van der Waals surface area contributed by atoms with Crippen molar-refractivity contribution < 1.29 is 29.1 Å². The van der Waals surface area contributed by atoms with Crippen molar-refractivity contribution in [1.82, 2.24) is 4.98 Å². The Balaban J connectivity index is 1.37. The van der Waals surface area contributed by atoms with Gasteiger partial charge in [0.2, 0.25) is 12.3 Å². The Morgan fingerprint density at radius 3 is 1.45 bits per heavy atom. The number of quaternary nitrogens is 2. The number of benzene rings is 2. The number of amides is 2. The maximum Gasteiger partial charge on any atom is 0.290 e. The van der Waals surface area contributed by atoms with Crippen molar-refractivity contribution >= 4 is 23.2 Å². The predicted octanol–water partition coefficient (Wildman–Crippen LogP) is 2.07. The van der Waals surface area contributed by atoms with Crippen molar-refractivity contribution in [2.24, 2.45) is 0 Å². The molecular formula is C29H29N5O6. The number of carbonyl (C=O) groups excluding carboxylic acids is 2. The summed E-state index contributed by atoms with van der Waals surface area (Å²) in [4.78, 5) is 35.0. The molecule has 0 radical (unpaired) electrons. The van der Waals surface area contributed by atoms with Crippen molar-refractivity contribution in [2.75, 3.05) is 22.9 Å². The van der Waals surface area contributed by atoms with Crippen LogP contribution < -0.4 is 9.80 Å². The topological polar surface area (TPSA) is 140 Å². The predicted molar refractivity (Wildman–Crippen MR) is 143 cm³/mol. The van der Waals surface area contributed by atoms with E-state index in [4.69, 9.17) is 4.98 Å². The third kappa shape index (κ3) is 3.49. The van der Waals surface area contributed by atoms with E-state index < -0.39 is 45.9 Å². The van der Waals surface area contributed by atoms with E-state index in [-0.39, 0.29) is 49.1 Å². The molecule has 0 saturated carbocycles. The Labute approximate surface area is 230 Å². The summed E-state index contributed by atoms with van der Waals surface area (Å²) in [5, 5.41) is 49.5. The Hall–Kier alpha value is -3.71. The van der Waals surface area contributed by atoms with E-state index in [2.05, 4.69) is 0 Å². The molecule has 4 fully saturated rings. The quantitative estimate of drug-likeness (QED) is 0.379. The summed E-state index contributed by atoms with van der Waals surface area (Å²) >= 11 is 0. The van der Waals surface area contributed by atoms with Crippen LogP contribution in [0, 0.1) is 10.4 Å². The number of rotatable bonds is 4. The third-order valence-corrected chi connectivity index (χ3v) is 8.79. The van der Waals surface area contributed by atoms with Gasteiger partial charge >= 0.3 is 0 Å². The number of aliphatic hydroxyl groups is 2. The van der Waals surface area contributed by atoms with Gasteiger partial charge in [-0.25, -0.2) is 4.98 Å². The van der Waals surface area contributed by atoms with E-state index in [1.807, 2.05) is 12.1 Å². The number of hydrogen-bond acceptors (Lipinski definition) is 7. The second-order valence-electron chi connectivity index (χ2n) is 11.2. The number of nitrogens with zero attached hydrogens (tertiary/aromatic N) is 5. The number of hydroxylamine groups is 6. The van der Waals surface area contributed by atoms with Gasteiger partial charge in [-0.05, 0) is 36.4 Å². The molecule has 4 aliphatic heterocycles. The summed E-state index contributed by atoms with van der Waals surface area (Å²) in [6, 6.07) is 20.8. The van der Waals surface area contributed by atoms with Crippen LogP contribution in [-0.2, 0) is 9.59 Å². The summed E-state index contributed by atoms with van der Waals surface area (Å²) in [7, 11) is 0. The van der Waals surface area contributed by atoms with E-state index in [0.29, 0.717) is 11.4 Å². The second-order valence-corrected chi connectivity index (χ2v) is 11.2. The molecule has 5 heterocycles. The summed E-state index contributed by atoms with van der Waals surface area (Å²) in [5.41, 5.74) is 1.63. The Bertz CT molecular complexity index is 1370. The van der Waals surface area contributed by atoms with Crippen LogP contribution >= 0.6 is 0 Å². The van der Waals surface area contributed by atoms with Gasteiger partial charge in [0.05, 0.1) is 11.4 Å². The molecule has 2 amide bonds. The van der Waals surface area contributed by atoms with Gasteiger partial charge in [-0.2, -0.15) is 0 Å². The lowest BCUT2D eigenvalue weighted by Crippen LogP contribution is -2.48. The Kier molecular flexibility index (Phi) is 5.62. The van der Waals surface area contributed by atoms with E-state index in [1.54, 1.807) is 66.7 Å². The average Bonchev–Trinajstić information content (AvgIpc) is 3.57. The summed E-state index contributed by atoms with van der Waals surface area (Å²) in [5.74, 6) is -0.765. The molecule has 206 valence electrons. The van der Waals surface area contributed by atoms with Gasteiger partial charge in [0, 0.05) is 12.8 Å². The Morgan fingerprint density at radius 1 is 0.650 bits per heavy atom. The maximum atomic E-state index is 14.4. The minimum Gasteiger partial charge on any atom is -0.630 e. The largest absolute Gasteiger partial charge is 0.630 e. The molecular weight excluding hydrogens is 514 g/mol. The molecule has 1 aromatic heterocycles. The summed E-state index contributed by atoms with van der Waals surface area (Å²) in [6.07, 6.45) is -3.89. The lowest BCUT2D eigenvalue weighted by Gasteiger charge is -2.45. The van der Waals surface area contributed by atoms with Crippen LogP contribution in [0.1, 0.15) is 36.6 Å². The lowest BCUT2D eigenvalue weighted by molar-refractivity contribution is -0.907. The zero-order valence-corrected chi connectivity index (χ0v) is 21.6. The SMILES string of the molecule is O=C1[C@@H]2C[C@@H](O)C[N@+]2([O-])[C@@H](c2cccc([C@H]3N(c4ccccc4)C(=O)[C@@H]4C[C@@H](O)C[N@@+]43[O-])n2)N1c1ccccc1. The number of aliphatic hydroxyl groups excluding tert-OH is 2. The highest BCUT2D eigenvalue weighted by molar-refractivity contribution is 5.99. The molecule has 8 atom stereocenters. The standard InChI is InChI=1S/C29H29N5O6/c35-20-14-24-28(37)31(18-8-3-1-4-9-18)26(33(24,39)16-20)22-12-7-13-23(30-22)27-32(19-10-5-2-6-11-19)29(38)25-15-21(36)17-34(25,27)40/h1-13,20-21,24-27,35-36H,14-17H2/t20-,21-,24+,25+,26+,27+,33-,34-/m1/s1. The fourth-order valence-electron chi connectivity index (χ4n) is 7.19. The fraction of sp³-hybridized carbons (Fsp3) is 0.345.